The summed E-state index contributed by atoms with van der Waals surface area (Å²) in [6.45, 7) is 7.84. The fourth-order valence-electron chi connectivity index (χ4n) is 2.23. The first kappa shape index (κ1) is 17.1. The zero-order chi connectivity index (χ0) is 16.0. The topological polar surface area (TPSA) is 64.3 Å². The van der Waals surface area contributed by atoms with E-state index in [1.807, 2.05) is 20.8 Å². The van der Waals surface area contributed by atoms with E-state index in [4.69, 9.17) is 16.9 Å². The third-order valence-corrected chi connectivity index (χ3v) is 3.11. The Labute approximate surface area is 127 Å². The second-order valence-corrected chi connectivity index (χ2v) is 5.42. The van der Waals surface area contributed by atoms with Gasteiger partial charge < -0.3 is 15.8 Å². The van der Waals surface area contributed by atoms with Gasteiger partial charge in [0.15, 0.2) is 6.10 Å². The van der Waals surface area contributed by atoms with Crippen LogP contribution in [0.3, 0.4) is 0 Å². The molecule has 0 aromatic heterocycles. The minimum absolute atomic E-state index is 0.115. The number of ether oxygens (including phenoxy) is 1. The number of aryl methyl sites for hydroxylation is 2. The quantitative estimate of drug-likeness (QED) is 0.783. The molecule has 0 fully saturated rings. The molecular weight excluding hydrogens is 264 g/mol. The highest BCUT2D eigenvalue weighted by atomic mass is 16.5. The molecule has 0 aliphatic carbocycles. The van der Waals surface area contributed by atoms with E-state index in [1.54, 1.807) is 6.92 Å². The smallest absolute Gasteiger partial charge is 0.261 e. The zero-order valence-corrected chi connectivity index (χ0v) is 13.2. The Hall–Kier alpha value is -1.99. The average Bonchev–Trinajstić information content (AvgIpc) is 2.39. The maximum Gasteiger partial charge on any atom is 0.261 e. The van der Waals surface area contributed by atoms with E-state index < -0.39 is 6.10 Å². The Balaban J connectivity index is 2.84. The average molecular weight is 288 g/mol. The van der Waals surface area contributed by atoms with Crippen molar-refractivity contribution in [3.8, 4) is 18.1 Å². The van der Waals surface area contributed by atoms with Crippen molar-refractivity contribution in [2.24, 2.45) is 5.73 Å². The maximum absolute atomic E-state index is 11.8. The molecule has 1 amide bonds. The van der Waals surface area contributed by atoms with Gasteiger partial charge in [0.1, 0.15) is 5.75 Å². The third-order valence-electron chi connectivity index (χ3n) is 3.11. The highest BCUT2D eigenvalue weighted by Crippen LogP contribution is 2.26. The number of nitrogens with two attached hydrogens (primary N) is 1. The molecular formula is C17H24N2O2. The van der Waals surface area contributed by atoms with Gasteiger partial charge in [0, 0.05) is 6.04 Å². The molecule has 2 unspecified atom stereocenters. The molecule has 3 N–H and O–H groups in total. The molecule has 0 saturated heterocycles. The summed E-state index contributed by atoms with van der Waals surface area (Å²) in [5, 5.41) is 2.61. The van der Waals surface area contributed by atoms with Crippen LogP contribution in [0.15, 0.2) is 12.1 Å². The lowest BCUT2D eigenvalue weighted by Crippen LogP contribution is -2.36. The Morgan fingerprint density at radius 1 is 1.38 bits per heavy atom. The summed E-state index contributed by atoms with van der Waals surface area (Å²) < 4.78 is 5.78. The van der Waals surface area contributed by atoms with Crippen molar-refractivity contribution in [3.63, 3.8) is 0 Å². The summed E-state index contributed by atoms with van der Waals surface area (Å²) in [4.78, 5) is 11.8. The summed E-state index contributed by atoms with van der Waals surface area (Å²) in [7, 11) is 0. The molecule has 1 rings (SSSR count). The van der Waals surface area contributed by atoms with Crippen molar-refractivity contribution in [1.29, 1.82) is 0 Å². The minimum Gasteiger partial charge on any atom is -0.480 e. The predicted molar refractivity (Wildman–Crippen MR) is 85.2 cm³/mol. The highest BCUT2D eigenvalue weighted by molar-refractivity contribution is 5.81. The minimum atomic E-state index is -0.588. The van der Waals surface area contributed by atoms with Gasteiger partial charge in [-0.2, -0.15) is 0 Å². The molecule has 0 saturated carbocycles. The molecule has 2 atom stereocenters. The molecule has 0 radical (unpaired) electrons. The fraction of sp³-hybridized carbons (Fsp3) is 0.471. The second kappa shape index (κ2) is 7.70. The largest absolute Gasteiger partial charge is 0.480 e. The third kappa shape index (κ3) is 5.13. The van der Waals surface area contributed by atoms with Crippen LogP contribution < -0.4 is 15.8 Å². The summed E-state index contributed by atoms with van der Waals surface area (Å²) >= 11 is 0. The van der Waals surface area contributed by atoms with Crippen molar-refractivity contribution >= 4 is 5.91 Å². The Kier molecular flexibility index (Phi) is 6.26. The monoisotopic (exact) mass is 288 g/mol. The first-order valence-corrected chi connectivity index (χ1v) is 7.08. The number of amides is 1. The van der Waals surface area contributed by atoms with Crippen LogP contribution >= 0.6 is 0 Å². The number of benzene rings is 1. The molecule has 0 heterocycles. The predicted octanol–water partition coefficient (Wildman–Crippen LogP) is 1.71. The molecule has 0 spiro atoms. The van der Waals surface area contributed by atoms with E-state index in [2.05, 4.69) is 23.4 Å². The van der Waals surface area contributed by atoms with Crippen molar-refractivity contribution < 1.29 is 9.53 Å². The second-order valence-electron chi connectivity index (χ2n) is 5.42. The Morgan fingerprint density at radius 2 is 1.95 bits per heavy atom. The Bertz CT molecular complexity index is 521. The first-order chi connectivity index (χ1) is 9.85. The summed E-state index contributed by atoms with van der Waals surface area (Å²) in [6.07, 6.45) is 5.35. The number of rotatable bonds is 6. The van der Waals surface area contributed by atoms with Crippen molar-refractivity contribution in [2.75, 3.05) is 6.54 Å². The van der Waals surface area contributed by atoms with Gasteiger partial charge in [-0.25, -0.2) is 0 Å². The van der Waals surface area contributed by atoms with Gasteiger partial charge in [0.2, 0.25) is 0 Å². The molecule has 4 nitrogen and oxygen atoms in total. The van der Waals surface area contributed by atoms with Crippen molar-refractivity contribution in [1.82, 2.24) is 5.32 Å². The van der Waals surface area contributed by atoms with Crippen molar-refractivity contribution in [3.05, 3.63) is 28.8 Å². The molecule has 4 heteroatoms. The standard InChI is InChI=1S/C17H24N2O2/c1-6-7-19-17(20)14(5)21-16-11(2)8-15(9-12(16)3)10-13(4)18/h1,8-9,13-14H,7,10,18H2,2-5H3,(H,19,20). The summed E-state index contributed by atoms with van der Waals surface area (Å²) in [5.74, 6) is 2.89. The van der Waals surface area contributed by atoms with E-state index in [0.717, 1.165) is 23.3 Å². The lowest BCUT2D eigenvalue weighted by atomic mass is 10.0. The van der Waals surface area contributed by atoms with Crippen LogP contribution in [-0.2, 0) is 11.2 Å². The van der Waals surface area contributed by atoms with Crippen LogP contribution in [-0.4, -0.2) is 24.6 Å². The van der Waals surface area contributed by atoms with Gasteiger partial charge in [-0.1, -0.05) is 18.1 Å². The van der Waals surface area contributed by atoms with Crippen LogP contribution in [0, 0.1) is 26.2 Å². The number of terminal acetylenes is 1. The van der Waals surface area contributed by atoms with Crippen LogP contribution in [0.5, 0.6) is 5.75 Å². The van der Waals surface area contributed by atoms with Gasteiger partial charge in [-0.3, -0.25) is 4.79 Å². The number of hydrogen-bond acceptors (Lipinski definition) is 3. The maximum atomic E-state index is 11.8. The lowest BCUT2D eigenvalue weighted by molar-refractivity contribution is -0.127. The number of hydrogen-bond donors (Lipinski definition) is 2. The fourth-order valence-corrected chi connectivity index (χ4v) is 2.23. The van der Waals surface area contributed by atoms with E-state index >= 15 is 0 Å². The van der Waals surface area contributed by atoms with Gasteiger partial charge in [-0.05, 0) is 50.8 Å². The molecule has 0 aliphatic rings. The number of carbonyl (C=O) groups is 1. The molecule has 1 aromatic rings. The van der Waals surface area contributed by atoms with Gasteiger partial charge in [-0.15, -0.1) is 6.42 Å². The van der Waals surface area contributed by atoms with Gasteiger partial charge >= 0.3 is 0 Å². The Morgan fingerprint density at radius 3 is 2.43 bits per heavy atom. The molecule has 21 heavy (non-hydrogen) atoms. The van der Waals surface area contributed by atoms with E-state index in [1.165, 1.54) is 5.56 Å². The van der Waals surface area contributed by atoms with Crippen LogP contribution in [0.1, 0.15) is 30.5 Å². The zero-order valence-electron chi connectivity index (χ0n) is 13.2. The lowest BCUT2D eigenvalue weighted by Gasteiger charge is -2.19. The first-order valence-electron chi connectivity index (χ1n) is 7.08. The van der Waals surface area contributed by atoms with Gasteiger partial charge in [0.25, 0.3) is 5.91 Å². The number of carbonyl (C=O) groups excluding carboxylic acids is 1. The molecule has 1 aromatic carbocycles. The van der Waals surface area contributed by atoms with Crippen LogP contribution in [0.2, 0.25) is 0 Å². The highest BCUT2D eigenvalue weighted by Gasteiger charge is 2.16. The van der Waals surface area contributed by atoms with Crippen LogP contribution in [0.25, 0.3) is 0 Å². The molecule has 114 valence electrons. The SMILES string of the molecule is C#CCNC(=O)C(C)Oc1c(C)cc(CC(C)N)cc1C. The van der Waals surface area contributed by atoms with E-state index in [9.17, 15) is 4.79 Å². The molecule has 0 aliphatic heterocycles. The summed E-state index contributed by atoms with van der Waals surface area (Å²) in [5.41, 5.74) is 9.01. The molecule has 0 bridgehead atoms. The van der Waals surface area contributed by atoms with Crippen LogP contribution in [0.4, 0.5) is 0 Å². The van der Waals surface area contributed by atoms with E-state index in [-0.39, 0.29) is 18.5 Å². The summed E-state index contributed by atoms with van der Waals surface area (Å²) in [6, 6.07) is 4.22. The normalized spacial score (nSPS) is 13.1. The van der Waals surface area contributed by atoms with E-state index in [0.29, 0.717) is 0 Å². The number of nitrogens with one attached hydrogen (secondary N) is 1. The van der Waals surface area contributed by atoms with Gasteiger partial charge in [0.05, 0.1) is 6.54 Å². The van der Waals surface area contributed by atoms with Crippen molar-refractivity contribution in [2.45, 2.75) is 46.3 Å².